The molecule has 6 atom stereocenters. The number of benzene rings is 2. The number of aromatic nitrogens is 1. The lowest BCUT2D eigenvalue weighted by atomic mass is 9.78. The van der Waals surface area contributed by atoms with Gasteiger partial charge in [-0.05, 0) is 79.8 Å². The quantitative estimate of drug-likeness (QED) is 0.299. The van der Waals surface area contributed by atoms with Gasteiger partial charge in [0.05, 0.1) is 27.8 Å². The maximum atomic E-state index is 14.1. The Hall–Kier alpha value is -2.91. The molecular formula is C31H36F2N4O6S2. The van der Waals surface area contributed by atoms with Gasteiger partial charge in [-0.2, -0.15) is 4.31 Å². The third-order valence-electron chi connectivity index (χ3n) is 9.57. The number of halogens is 2. The van der Waals surface area contributed by atoms with Crippen molar-refractivity contribution in [2.45, 2.75) is 74.9 Å². The summed E-state index contributed by atoms with van der Waals surface area (Å²) >= 11 is 1.22. The van der Waals surface area contributed by atoms with Crippen molar-refractivity contribution < 1.29 is 36.2 Å². The molecule has 1 amide bonds. The van der Waals surface area contributed by atoms with Crippen LogP contribution in [0.25, 0.3) is 10.2 Å². The average molecular weight is 663 g/mol. The molecule has 0 spiro atoms. The lowest BCUT2D eigenvalue weighted by Gasteiger charge is -2.36. The molecule has 1 aromatic heterocycles. The Balaban J connectivity index is 1.10. The number of nitrogens with zero attached hydrogens (tertiary/aromatic N) is 2. The third-order valence-corrected chi connectivity index (χ3v) is 12.3. The number of carbonyl (C=O) groups excluding carboxylic acids is 1. The Labute approximate surface area is 264 Å². The number of rotatable bonds is 11. The monoisotopic (exact) mass is 662 g/mol. The van der Waals surface area contributed by atoms with Crippen LogP contribution in [-0.2, 0) is 30.7 Å². The number of alkyl carbamates (subject to hydrolysis) is 1. The zero-order chi connectivity index (χ0) is 31.5. The Morgan fingerprint density at radius 2 is 2.02 bits per heavy atom. The molecule has 2 aliphatic heterocycles. The molecule has 14 heteroatoms. The number of fused-ring (bicyclic) bond motifs is 3. The van der Waals surface area contributed by atoms with E-state index in [0.29, 0.717) is 40.0 Å². The van der Waals surface area contributed by atoms with Gasteiger partial charge in [0.1, 0.15) is 6.10 Å². The van der Waals surface area contributed by atoms with Gasteiger partial charge in [-0.1, -0.05) is 24.3 Å². The molecule has 5 unspecified atom stereocenters. The van der Waals surface area contributed by atoms with Crippen molar-refractivity contribution in [1.29, 1.82) is 0 Å². The number of hydrogen-bond acceptors (Lipinski definition) is 9. The van der Waals surface area contributed by atoms with E-state index in [-0.39, 0.29) is 48.0 Å². The van der Waals surface area contributed by atoms with E-state index in [2.05, 4.69) is 10.3 Å². The predicted octanol–water partition coefficient (Wildman–Crippen LogP) is 4.83. The number of thiazole rings is 1. The number of hydrogen-bond donors (Lipinski definition) is 2. The van der Waals surface area contributed by atoms with Gasteiger partial charge in [-0.15, -0.1) is 0 Å². The van der Waals surface area contributed by atoms with Crippen molar-refractivity contribution in [3.05, 3.63) is 53.6 Å². The largest absolute Gasteiger partial charge is 0.443 e. The Kier molecular flexibility index (Phi) is 8.00. The zero-order valence-electron chi connectivity index (χ0n) is 24.8. The molecule has 4 fully saturated rings. The van der Waals surface area contributed by atoms with Crippen LogP contribution in [0, 0.1) is 28.9 Å². The van der Waals surface area contributed by atoms with E-state index in [0.717, 1.165) is 37.8 Å². The van der Waals surface area contributed by atoms with Crippen LogP contribution in [0.1, 0.15) is 44.6 Å². The Bertz CT molecular complexity index is 1710. The molecule has 45 heavy (non-hydrogen) atoms. The molecule has 3 N–H and O–H groups in total. The third kappa shape index (κ3) is 6.39. The minimum absolute atomic E-state index is 0.0362. The van der Waals surface area contributed by atoms with Crippen molar-refractivity contribution in [3.63, 3.8) is 0 Å². The van der Waals surface area contributed by atoms with Gasteiger partial charge in [-0.3, -0.25) is 0 Å². The van der Waals surface area contributed by atoms with E-state index in [1.807, 2.05) is 6.92 Å². The molecule has 2 aliphatic carbocycles. The van der Waals surface area contributed by atoms with Crippen molar-refractivity contribution in [2.75, 3.05) is 25.4 Å². The zero-order valence-corrected chi connectivity index (χ0v) is 26.4. The molecule has 10 nitrogen and oxygen atoms in total. The van der Waals surface area contributed by atoms with Crippen LogP contribution in [0.2, 0.25) is 0 Å². The van der Waals surface area contributed by atoms with Crippen molar-refractivity contribution in [3.8, 4) is 0 Å². The smallest absolute Gasteiger partial charge is 0.407 e. The number of nitrogens with two attached hydrogens (primary N) is 1. The minimum Gasteiger partial charge on any atom is -0.443 e. The summed E-state index contributed by atoms with van der Waals surface area (Å²) in [5, 5.41) is 3.25. The summed E-state index contributed by atoms with van der Waals surface area (Å²) in [6.45, 7) is 2.91. The number of anilines is 1. The molecule has 4 aliphatic rings. The molecular weight excluding hydrogens is 626 g/mol. The second-order valence-electron chi connectivity index (χ2n) is 13.2. The summed E-state index contributed by atoms with van der Waals surface area (Å²) in [6, 6.07) is 7.72. The lowest BCUT2D eigenvalue weighted by molar-refractivity contribution is -0.153. The molecule has 3 heterocycles. The second-order valence-corrected chi connectivity index (χ2v) is 16.2. The van der Waals surface area contributed by atoms with Gasteiger partial charge in [0.2, 0.25) is 10.0 Å². The molecule has 2 saturated carbocycles. The summed E-state index contributed by atoms with van der Waals surface area (Å²) in [6.07, 6.45) is 2.19. The Morgan fingerprint density at radius 3 is 2.80 bits per heavy atom. The number of nitrogens with one attached hydrogen (secondary N) is 1. The highest BCUT2D eigenvalue weighted by Gasteiger charge is 2.53. The number of ether oxygens (including phenoxy) is 3. The first-order valence-electron chi connectivity index (χ1n) is 15.3. The van der Waals surface area contributed by atoms with E-state index in [9.17, 15) is 22.0 Å². The maximum Gasteiger partial charge on any atom is 0.407 e. The van der Waals surface area contributed by atoms with Gasteiger partial charge in [0, 0.05) is 31.0 Å². The van der Waals surface area contributed by atoms with Crippen LogP contribution >= 0.6 is 11.3 Å². The van der Waals surface area contributed by atoms with Crippen LogP contribution in [0.4, 0.5) is 18.7 Å². The molecule has 2 saturated heterocycles. The van der Waals surface area contributed by atoms with Crippen LogP contribution in [0.3, 0.4) is 0 Å². The van der Waals surface area contributed by atoms with Crippen LogP contribution in [0.15, 0.2) is 41.3 Å². The van der Waals surface area contributed by atoms with E-state index >= 15 is 0 Å². The highest BCUT2D eigenvalue weighted by Crippen LogP contribution is 2.47. The molecule has 242 valence electrons. The number of sulfonamides is 1. The van der Waals surface area contributed by atoms with Crippen LogP contribution in [0.5, 0.6) is 0 Å². The first-order valence-corrected chi connectivity index (χ1v) is 17.6. The first kappa shape index (κ1) is 30.7. The number of nitrogen functional groups attached to an aromatic ring is 1. The topological polar surface area (TPSA) is 133 Å². The van der Waals surface area contributed by atoms with Crippen LogP contribution in [-0.4, -0.2) is 68.0 Å². The molecule has 3 aromatic rings. The van der Waals surface area contributed by atoms with Gasteiger partial charge in [0.25, 0.3) is 0 Å². The predicted molar refractivity (Wildman–Crippen MR) is 163 cm³/mol. The molecule has 2 aromatic carbocycles. The molecule has 0 radical (unpaired) electrons. The number of carbonyl (C=O) groups is 1. The fraction of sp³-hybridized carbons (Fsp3) is 0.548. The Morgan fingerprint density at radius 1 is 1.20 bits per heavy atom. The summed E-state index contributed by atoms with van der Waals surface area (Å²) in [4.78, 5) is 17.7. The van der Waals surface area contributed by atoms with E-state index in [1.54, 1.807) is 12.1 Å². The molecule has 7 rings (SSSR count). The van der Waals surface area contributed by atoms with Crippen molar-refractivity contribution >= 4 is 42.8 Å². The van der Waals surface area contributed by atoms with Gasteiger partial charge >= 0.3 is 6.09 Å². The molecule has 3 bridgehead atoms. The van der Waals surface area contributed by atoms with E-state index in [4.69, 9.17) is 19.9 Å². The fourth-order valence-corrected chi connectivity index (χ4v) is 9.32. The van der Waals surface area contributed by atoms with E-state index in [1.165, 1.54) is 27.8 Å². The maximum absolute atomic E-state index is 14.1. The summed E-state index contributed by atoms with van der Waals surface area (Å²) in [7, 11) is -3.93. The van der Waals surface area contributed by atoms with Gasteiger partial charge in [-0.25, -0.2) is 27.0 Å². The SMILES string of the molecule is CC1(CN(CC[C@H](Cc2ccc(F)c(F)c2)NC(=O)OC2C3COC4OC2CC4C3)S(=O)(=O)c2ccc3nc(N)sc3c2)CC1. The van der Waals surface area contributed by atoms with Gasteiger partial charge < -0.3 is 25.3 Å². The standard InChI is InChI=1S/C31H36F2N4O6S2/c1-31(7-8-31)16-37(45(39,40)21-3-5-24-26(14-21)44-29(34)36-24)9-6-20(10-17-2-4-22(32)23(33)11-17)35-30(38)43-27-19-12-18-13-25(27)42-28(18)41-15-19/h2-5,11,14,18-20,25,27-28H,6-10,12-13,15-16H2,1H3,(H2,34,36)(H,35,38)/t18?,19?,20-,25?,27?,28?/m1/s1. The van der Waals surface area contributed by atoms with Crippen molar-refractivity contribution in [1.82, 2.24) is 14.6 Å². The lowest BCUT2D eigenvalue weighted by Crippen LogP contribution is -2.48. The number of amides is 1. The van der Waals surface area contributed by atoms with E-state index < -0.39 is 39.9 Å². The summed E-state index contributed by atoms with van der Waals surface area (Å²) in [5.41, 5.74) is 6.79. The highest BCUT2D eigenvalue weighted by molar-refractivity contribution is 7.89. The normalized spacial score (nSPS) is 27.2. The van der Waals surface area contributed by atoms with Gasteiger partial charge in [0.15, 0.2) is 23.1 Å². The van der Waals surface area contributed by atoms with Crippen LogP contribution < -0.4 is 11.1 Å². The summed E-state index contributed by atoms with van der Waals surface area (Å²) < 4.78 is 75.6. The second kappa shape index (κ2) is 11.7. The highest BCUT2D eigenvalue weighted by atomic mass is 32.2. The average Bonchev–Trinajstić information content (AvgIpc) is 3.48. The summed E-state index contributed by atoms with van der Waals surface area (Å²) in [5.74, 6) is -1.62. The fourth-order valence-electron chi connectivity index (χ4n) is 6.84. The minimum atomic E-state index is -3.93. The first-order chi connectivity index (χ1) is 21.5. The van der Waals surface area contributed by atoms with Crippen molar-refractivity contribution in [2.24, 2.45) is 17.3 Å².